The third-order valence-electron chi connectivity index (χ3n) is 4.57. The lowest BCUT2D eigenvalue weighted by molar-refractivity contribution is 1.42. The van der Waals surface area contributed by atoms with E-state index < -0.39 is 0 Å². The second kappa shape index (κ2) is 4.05. The molecule has 0 radical (unpaired) electrons. The van der Waals surface area contributed by atoms with Gasteiger partial charge in [-0.3, -0.25) is 4.98 Å². The standard InChI is InChI=1S/C20H13NS/c1-3-12-11(2)10-16-19-17-13(6-4-8-15(17)22-16)14-7-5-9-21-20(14)18(12)19/h3-10H,1H2,2H3. The molecule has 0 bridgehead atoms. The van der Waals surface area contributed by atoms with Crippen LogP contribution in [0.25, 0.3) is 47.9 Å². The molecule has 0 saturated carbocycles. The van der Waals surface area contributed by atoms with Gasteiger partial charge in [0.2, 0.25) is 0 Å². The van der Waals surface area contributed by atoms with E-state index in [4.69, 9.17) is 4.98 Å². The monoisotopic (exact) mass is 299 g/mol. The Morgan fingerprint density at radius 1 is 1.00 bits per heavy atom. The van der Waals surface area contributed by atoms with Gasteiger partial charge in [-0.25, -0.2) is 0 Å². The molecule has 0 N–H and O–H groups in total. The molecule has 0 aliphatic carbocycles. The Morgan fingerprint density at radius 3 is 2.73 bits per heavy atom. The summed E-state index contributed by atoms with van der Waals surface area (Å²) in [6.45, 7) is 6.20. The van der Waals surface area contributed by atoms with Crippen LogP contribution in [0.2, 0.25) is 0 Å². The second-order valence-corrected chi connectivity index (χ2v) is 6.82. The molecule has 0 spiro atoms. The van der Waals surface area contributed by atoms with Crippen molar-refractivity contribution >= 4 is 59.3 Å². The van der Waals surface area contributed by atoms with Crippen molar-refractivity contribution in [2.75, 3.05) is 0 Å². The predicted molar refractivity (Wildman–Crippen MR) is 98.2 cm³/mol. The molecule has 2 heterocycles. The van der Waals surface area contributed by atoms with Crippen LogP contribution in [0.4, 0.5) is 0 Å². The van der Waals surface area contributed by atoms with Gasteiger partial charge in [-0.1, -0.05) is 30.9 Å². The lowest BCUT2D eigenvalue weighted by Gasteiger charge is -2.12. The maximum Gasteiger partial charge on any atom is 0.0793 e. The van der Waals surface area contributed by atoms with E-state index >= 15 is 0 Å². The summed E-state index contributed by atoms with van der Waals surface area (Å²) in [4.78, 5) is 4.72. The molecule has 0 aliphatic heterocycles. The molecule has 0 atom stereocenters. The van der Waals surface area contributed by atoms with Gasteiger partial charge >= 0.3 is 0 Å². The largest absolute Gasteiger partial charge is 0.256 e. The first-order valence-electron chi connectivity index (χ1n) is 7.36. The third-order valence-corrected chi connectivity index (χ3v) is 5.68. The molecule has 5 rings (SSSR count). The second-order valence-electron chi connectivity index (χ2n) is 5.74. The van der Waals surface area contributed by atoms with E-state index in [9.17, 15) is 0 Å². The number of hydrogen-bond donors (Lipinski definition) is 0. The fourth-order valence-corrected chi connectivity index (χ4v) is 4.92. The fraction of sp³-hybridized carbons (Fsp3) is 0.0500. The molecule has 0 unspecified atom stereocenters. The van der Waals surface area contributed by atoms with Crippen molar-refractivity contribution in [3.8, 4) is 0 Å². The SMILES string of the molecule is C=Cc1c(C)cc2sc3cccc4c5cccnc5c1c2c34. The molecule has 0 fully saturated rings. The zero-order valence-corrected chi connectivity index (χ0v) is 13.0. The Hall–Kier alpha value is -2.45. The smallest absolute Gasteiger partial charge is 0.0793 e. The number of aryl methyl sites for hydroxylation is 1. The molecule has 3 aromatic carbocycles. The molecule has 0 amide bonds. The Bertz CT molecular complexity index is 1200. The number of fused-ring (bicyclic) bond motifs is 3. The highest BCUT2D eigenvalue weighted by Gasteiger charge is 2.18. The Labute approximate surface area is 131 Å². The molecule has 1 nitrogen and oxygen atoms in total. The van der Waals surface area contributed by atoms with Crippen molar-refractivity contribution in [2.45, 2.75) is 6.92 Å². The van der Waals surface area contributed by atoms with E-state index in [1.54, 1.807) is 0 Å². The van der Waals surface area contributed by atoms with Gasteiger partial charge in [0, 0.05) is 37.1 Å². The summed E-state index contributed by atoms with van der Waals surface area (Å²) in [5, 5.41) is 6.51. The quantitative estimate of drug-likeness (QED) is 0.338. The summed E-state index contributed by atoms with van der Waals surface area (Å²) < 4.78 is 2.70. The first kappa shape index (κ1) is 12.1. The molecular formula is C20H13NS. The number of nitrogens with zero attached hydrogens (tertiary/aromatic N) is 1. The van der Waals surface area contributed by atoms with E-state index in [0.29, 0.717) is 0 Å². The van der Waals surface area contributed by atoms with Gasteiger partial charge in [0.1, 0.15) is 0 Å². The van der Waals surface area contributed by atoms with Crippen LogP contribution in [0.1, 0.15) is 11.1 Å². The van der Waals surface area contributed by atoms with E-state index in [2.05, 4.69) is 43.8 Å². The predicted octanol–water partition coefficient (Wildman–Crippen LogP) is 6.15. The van der Waals surface area contributed by atoms with E-state index in [1.807, 2.05) is 29.7 Å². The summed E-state index contributed by atoms with van der Waals surface area (Å²) >= 11 is 1.87. The van der Waals surface area contributed by atoms with Gasteiger partial charge in [0.05, 0.1) is 5.52 Å². The van der Waals surface area contributed by atoms with Gasteiger partial charge in [-0.05, 0) is 41.6 Å². The molecule has 22 heavy (non-hydrogen) atoms. The van der Waals surface area contributed by atoms with Crippen LogP contribution < -0.4 is 0 Å². The topological polar surface area (TPSA) is 12.9 Å². The van der Waals surface area contributed by atoms with E-state index in [0.717, 1.165) is 5.52 Å². The van der Waals surface area contributed by atoms with Crippen molar-refractivity contribution in [3.63, 3.8) is 0 Å². The average molecular weight is 299 g/mol. The van der Waals surface area contributed by atoms with Crippen LogP contribution in [-0.2, 0) is 0 Å². The van der Waals surface area contributed by atoms with Crippen LogP contribution in [0.3, 0.4) is 0 Å². The van der Waals surface area contributed by atoms with Gasteiger partial charge in [-0.15, -0.1) is 11.3 Å². The summed E-state index contributed by atoms with van der Waals surface area (Å²) in [5.41, 5.74) is 3.57. The third kappa shape index (κ3) is 1.31. The Morgan fingerprint density at radius 2 is 1.86 bits per heavy atom. The van der Waals surface area contributed by atoms with Crippen LogP contribution in [0.5, 0.6) is 0 Å². The van der Waals surface area contributed by atoms with Gasteiger partial charge < -0.3 is 0 Å². The van der Waals surface area contributed by atoms with Crippen molar-refractivity contribution in [3.05, 3.63) is 60.3 Å². The highest BCUT2D eigenvalue weighted by molar-refractivity contribution is 7.26. The number of benzene rings is 3. The maximum atomic E-state index is 4.72. The molecule has 0 aliphatic rings. The van der Waals surface area contributed by atoms with Crippen LogP contribution in [0.15, 0.2) is 49.2 Å². The molecule has 2 heteroatoms. The molecule has 2 aromatic heterocycles. The van der Waals surface area contributed by atoms with E-state index in [-0.39, 0.29) is 0 Å². The molecule has 104 valence electrons. The Balaban J connectivity index is 2.32. The first-order chi connectivity index (χ1) is 10.8. The molecule has 0 saturated heterocycles. The molecule has 5 aromatic rings. The number of thiophene rings is 1. The van der Waals surface area contributed by atoms with Crippen molar-refractivity contribution < 1.29 is 0 Å². The van der Waals surface area contributed by atoms with Gasteiger partial charge in [0.25, 0.3) is 0 Å². The highest BCUT2D eigenvalue weighted by Crippen LogP contribution is 2.46. The number of pyridine rings is 1. The summed E-state index contributed by atoms with van der Waals surface area (Å²) in [6.07, 6.45) is 3.86. The minimum atomic E-state index is 1.09. The minimum Gasteiger partial charge on any atom is -0.256 e. The van der Waals surface area contributed by atoms with E-state index in [1.165, 1.54) is 47.5 Å². The number of hydrogen-bond acceptors (Lipinski definition) is 2. The average Bonchev–Trinajstić information content (AvgIpc) is 2.91. The Kier molecular flexibility index (Phi) is 2.23. The zero-order chi connectivity index (χ0) is 14.8. The summed E-state index contributed by atoms with van der Waals surface area (Å²) in [5.74, 6) is 0. The minimum absolute atomic E-state index is 1.09. The normalized spacial score (nSPS) is 12.0. The first-order valence-corrected chi connectivity index (χ1v) is 8.18. The maximum absolute atomic E-state index is 4.72. The lowest BCUT2D eigenvalue weighted by Crippen LogP contribution is -1.89. The summed E-state index contributed by atoms with van der Waals surface area (Å²) in [6, 6.07) is 13.1. The number of rotatable bonds is 1. The van der Waals surface area contributed by atoms with Gasteiger partial charge in [-0.2, -0.15) is 0 Å². The van der Waals surface area contributed by atoms with Crippen LogP contribution in [-0.4, -0.2) is 4.98 Å². The lowest BCUT2D eigenvalue weighted by atomic mass is 9.92. The summed E-state index contributed by atoms with van der Waals surface area (Å²) in [7, 11) is 0. The fourth-order valence-electron chi connectivity index (χ4n) is 3.68. The van der Waals surface area contributed by atoms with Gasteiger partial charge in [0.15, 0.2) is 0 Å². The number of aromatic nitrogens is 1. The highest BCUT2D eigenvalue weighted by atomic mass is 32.1. The van der Waals surface area contributed by atoms with Crippen LogP contribution >= 0.6 is 11.3 Å². The van der Waals surface area contributed by atoms with Crippen molar-refractivity contribution in [1.82, 2.24) is 4.98 Å². The van der Waals surface area contributed by atoms with Crippen molar-refractivity contribution in [1.29, 1.82) is 0 Å². The van der Waals surface area contributed by atoms with Crippen LogP contribution in [0, 0.1) is 6.92 Å². The molecular weight excluding hydrogens is 286 g/mol. The zero-order valence-electron chi connectivity index (χ0n) is 12.2. The van der Waals surface area contributed by atoms with Crippen molar-refractivity contribution in [2.24, 2.45) is 0 Å².